The highest BCUT2D eigenvalue weighted by Gasteiger charge is 2.16. The smallest absolute Gasteiger partial charge is 0.423 e. The zero-order valence-corrected chi connectivity index (χ0v) is 10.6. The van der Waals surface area contributed by atoms with Gasteiger partial charge in [-0.15, -0.1) is 23.5 Å². The van der Waals surface area contributed by atoms with Crippen LogP contribution in [0.3, 0.4) is 0 Å². The topological polar surface area (TPSA) is 40.5 Å². The maximum Gasteiger partial charge on any atom is 0.489 e. The Kier molecular flexibility index (Phi) is 5.60. The fraction of sp³-hybridized carbons (Fsp3) is 0.400. The summed E-state index contributed by atoms with van der Waals surface area (Å²) in [4.78, 5) is 2.04. The monoisotopic (exact) mass is 242 g/mol. The number of rotatable bonds is 5. The Labute approximate surface area is 99.6 Å². The van der Waals surface area contributed by atoms with Crippen molar-refractivity contribution in [2.24, 2.45) is 0 Å². The molecule has 0 amide bonds. The van der Waals surface area contributed by atoms with Crippen LogP contribution in [0.2, 0.25) is 0 Å². The fourth-order valence-corrected chi connectivity index (χ4v) is 2.79. The summed E-state index contributed by atoms with van der Waals surface area (Å²) in [7, 11) is -1.38. The van der Waals surface area contributed by atoms with E-state index in [0.29, 0.717) is 5.46 Å². The van der Waals surface area contributed by atoms with Crippen LogP contribution in [-0.2, 0) is 0 Å². The Morgan fingerprint density at radius 2 is 1.80 bits per heavy atom. The molecule has 0 bridgehead atoms. The van der Waals surface area contributed by atoms with E-state index >= 15 is 0 Å². The number of hydrogen-bond donors (Lipinski definition) is 2. The Morgan fingerprint density at radius 1 is 1.13 bits per heavy atom. The van der Waals surface area contributed by atoms with Gasteiger partial charge in [-0.25, -0.2) is 0 Å². The predicted molar refractivity (Wildman–Crippen MR) is 69.1 cm³/mol. The van der Waals surface area contributed by atoms with Gasteiger partial charge in [0.1, 0.15) is 0 Å². The van der Waals surface area contributed by atoms with E-state index in [4.69, 9.17) is 0 Å². The summed E-state index contributed by atoms with van der Waals surface area (Å²) < 4.78 is 0. The zero-order chi connectivity index (χ0) is 11.3. The van der Waals surface area contributed by atoms with Crippen LogP contribution in [0.5, 0.6) is 0 Å². The van der Waals surface area contributed by atoms with Gasteiger partial charge in [-0.2, -0.15) is 0 Å². The van der Waals surface area contributed by atoms with E-state index in [1.165, 1.54) is 0 Å². The van der Waals surface area contributed by atoms with Gasteiger partial charge >= 0.3 is 7.12 Å². The molecule has 0 unspecified atom stereocenters. The van der Waals surface area contributed by atoms with Crippen LogP contribution >= 0.6 is 23.5 Å². The van der Waals surface area contributed by atoms with Gasteiger partial charge < -0.3 is 10.0 Å². The Hall–Kier alpha value is -0.0951. The first-order chi connectivity index (χ1) is 7.19. The molecule has 1 aromatic rings. The quantitative estimate of drug-likeness (QED) is 0.607. The molecular weight excluding hydrogens is 227 g/mol. The molecule has 2 N–H and O–H groups in total. The molecule has 82 valence electrons. The molecule has 0 atom stereocenters. The van der Waals surface area contributed by atoms with E-state index < -0.39 is 7.12 Å². The van der Waals surface area contributed by atoms with Gasteiger partial charge in [0.15, 0.2) is 0 Å². The highest BCUT2D eigenvalue weighted by molar-refractivity contribution is 7.99. The summed E-state index contributed by atoms with van der Waals surface area (Å²) in [6.07, 6.45) is 0. The van der Waals surface area contributed by atoms with E-state index in [9.17, 15) is 10.0 Å². The molecule has 5 heteroatoms. The minimum atomic E-state index is -1.38. The van der Waals surface area contributed by atoms with Gasteiger partial charge in [0.25, 0.3) is 0 Å². The molecule has 0 aromatic heterocycles. The number of benzene rings is 1. The molecule has 0 aliphatic rings. The largest absolute Gasteiger partial charge is 0.489 e. The van der Waals surface area contributed by atoms with Crippen molar-refractivity contribution in [2.75, 3.05) is 11.5 Å². The van der Waals surface area contributed by atoms with Crippen molar-refractivity contribution in [1.82, 2.24) is 0 Å². The molecule has 0 fully saturated rings. The lowest BCUT2D eigenvalue weighted by molar-refractivity contribution is 0.425. The van der Waals surface area contributed by atoms with Gasteiger partial charge in [0.05, 0.1) is 0 Å². The summed E-state index contributed by atoms with van der Waals surface area (Å²) in [6.45, 7) is 4.13. The van der Waals surface area contributed by atoms with E-state index in [1.807, 2.05) is 25.1 Å². The summed E-state index contributed by atoms with van der Waals surface area (Å²) >= 11 is 3.33. The van der Waals surface area contributed by atoms with Crippen LogP contribution in [0, 0.1) is 0 Å². The van der Waals surface area contributed by atoms with Crippen LogP contribution in [-0.4, -0.2) is 28.7 Å². The van der Waals surface area contributed by atoms with E-state index in [-0.39, 0.29) is 0 Å². The number of thioether (sulfide) groups is 2. The molecular formula is C10H15BO2S2. The SMILES string of the molecule is CCSc1ccc(SCC)c(B(O)O)c1. The third-order valence-electron chi connectivity index (χ3n) is 1.87. The van der Waals surface area contributed by atoms with Crippen molar-refractivity contribution >= 4 is 36.1 Å². The Bertz CT molecular complexity index is 318. The second-order valence-corrected chi connectivity index (χ2v) is 5.58. The summed E-state index contributed by atoms with van der Waals surface area (Å²) in [5.41, 5.74) is 0.611. The third kappa shape index (κ3) is 3.76. The maximum atomic E-state index is 9.26. The minimum absolute atomic E-state index is 0.611. The average Bonchev–Trinajstić information content (AvgIpc) is 2.21. The molecule has 0 aliphatic heterocycles. The highest BCUT2D eigenvalue weighted by atomic mass is 32.2. The van der Waals surface area contributed by atoms with Crippen molar-refractivity contribution in [3.63, 3.8) is 0 Å². The maximum absolute atomic E-state index is 9.26. The molecule has 0 heterocycles. The zero-order valence-electron chi connectivity index (χ0n) is 8.93. The van der Waals surface area contributed by atoms with Crippen LogP contribution in [0.25, 0.3) is 0 Å². The van der Waals surface area contributed by atoms with Crippen molar-refractivity contribution in [1.29, 1.82) is 0 Å². The van der Waals surface area contributed by atoms with Crippen LogP contribution < -0.4 is 5.46 Å². The molecule has 1 rings (SSSR count). The summed E-state index contributed by atoms with van der Waals surface area (Å²) in [5, 5.41) is 18.5. The summed E-state index contributed by atoms with van der Waals surface area (Å²) in [6, 6.07) is 5.84. The normalized spacial score (nSPS) is 10.4. The van der Waals surface area contributed by atoms with Gasteiger partial charge in [0, 0.05) is 9.79 Å². The first-order valence-corrected chi connectivity index (χ1v) is 6.91. The molecule has 0 spiro atoms. The lowest BCUT2D eigenvalue weighted by Crippen LogP contribution is -2.31. The molecule has 2 nitrogen and oxygen atoms in total. The second kappa shape index (κ2) is 6.48. The fourth-order valence-electron chi connectivity index (χ4n) is 1.27. The molecule has 0 saturated carbocycles. The molecule has 0 aliphatic carbocycles. The van der Waals surface area contributed by atoms with E-state index in [2.05, 4.69) is 6.92 Å². The van der Waals surface area contributed by atoms with Gasteiger partial charge in [-0.3, -0.25) is 0 Å². The first-order valence-electron chi connectivity index (χ1n) is 4.94. The Morgan fingerprint density at radius 3 is 2.33 bits per heavy atom. The van der Waals surface area contributed by atoms with Gasteiger partial charge in [-0.1, -0.05) is 13.8 Å². The van der Waals surface area contributed by atoms with Gasteiger partial charge in [-0.05, 0) is 35.2 Å². The highest BCUT2D eigenvalue weighted by Crippen LogP contribution is 2.21. The number of hydrogen-bond acceptors (Lipinski definition) is 4. The molecule has 0 saturated heterocycles. The molecule has 1 aromatic carbocycles. The first kappa shape index (κ1) is 13.0. The van der Waals surface area contributed by atoms with Crippen molar-refractivity contribution in [3.05, 3.63) is 18.2 Å². The van der Waals surface area contributed by atoms with Crippen LogP contribution in [0.4, 0.5) is 0 Å². The van der Waals surface area contributed by atoms with Crippen molar-refractivity contribution in [3.8, 4) is 0 Å². The minimum Gasteiger partial charge on any atom is -0.423 e. The molecule has 15 heavy (non-hydrogen) atoms. The third-order valence-corrected chi connectivity index (χ3v) is 3.72. The second-order valence-electron chi connectivity index (χ2n) is 2.94. The lowest BCUT2D eigenvalue weighted by Gasteiger charge is -2.09. The van der Waals surface area contributed by atoms with Crippen molar-refractivity contribution in [2.45, 2.75) is 23.6 Å². The van der Waals surface area contributed by atoms with Crippen molar-refractivity contribution < 1.29 is 10.0 Å². The average molecular weight is 242 g/mol. The Balaban J connectivity index is 2.97. The van der Waals surface area contributed by atoms with E-state index in [1.54, 1.807) is 23.5 Å². The van der Waals surface area contributed by atoms with Gasteiger partial charge in [0.2, 0.25) is 0 Å². The molecule has 0 radical (unpaired) electrons. The lowest BCUT2D eigenvalue weighted by atomic mass is 9.80. The van der Waals surface area contributed by atoms with E-state index in [0.717, 1.165) is 21.3 Å². The van der Waals surface area contributed by atoms with Crippen LogP contribution in [0.1, 0.15) is 13.8 Å². The predicted octanol–water partition coefficient (Wildman–Crippen LogP) is 1.59. The summed E-state index contributed by atoms with van der Waals surface area (Å²) in [5.74, 6) is 1.92. The van der Waals surface area contributed by atoms with Crippen LogP contribution in [0.15, 0.2) is 28.0 Å². The standard InChI is InChI=1S/C10H15BO2S2/c1-3-14-8-5-6-10(15-4-2)9(7-8)11(12)13/h5-7,12-13H,3-4H2,1-2H3.